The Morgan fingerprint density at radius 3 is 2.46 bits per heavy atom. The minimum Gasteiger partial charge on any atom is -0.0847 e. The van der Waals surface area contributed by atoms with E-state index in [1.165, 1.54) is 34.3 Å². The van der Waals surface area contributed by atoms with Crippen LogP contribution in [0.4, 0.5) is 0 Å². The monoisotopic (exact) mass is 348 g/mol. The minimum absolute atomic E-state index is 0.191. The van der Waals surface area contributed by atoms with Gasteiger partial charge in [0, 0.05) is 0 Å². The summed E-state index contributed by atoms with van der Waals surface area (Å²) in [6, 6.07) is 7.34. The molecule has 1 aromatic carbocycles. The van der Waals surface area contributed by atoms with Crippen LogP contribution in [-0.2, 0) is 10.8 Å². The fourth-order valence-electron chi connectivity index (χ4n) is 4.37. The molecule has 0 radical (unpaired) electrons. The fourth-order valence-corrected chi connectivity index (χ4v) is 4.37. The van der Waals surface area contributed by atoms with Crippen LogP contribution in [0.5, 0.6) is 0 Å². The molecule has 1 saturated carbocycles. The normalized spacial score (nSPS) is 28.1. The van der Waals surface area contributed by atoms with Crippen molar-refractivity contribution in [1.29, 1.82) is 0 Å². The first-order chi connectivity index (χ1) is 12.0. The number of hydrogen-bond donors (Lipinski definition) is 0. The molecular weight excluding hydrogens is 312 g/mol. The number of allylic oxidation sites excluding steroid dienone is 6. The molecule has 0 aromatic heterocycles. The Hall–Kier alpha value is -1.56. The Morgan fingerprint density at radius 1 is 1.15 bits per heavy atom. The average Bonchev–Trinajstić information content (AvgIpc) is 3.22. The standard InChI is InChI=1S/C26H36/c1-9-18(2)10-11-20-17-26(20,8)19-12-13-23-21(16-19)22(24(3,4)5)14-15-25(23,6)7/h9-14,16,20H,15,17H2,1-8H3/b11-10?,18-9+/t20?,26-/m1/s1. The Kier molecular flexibility index (Phi) is 4.62. The molecule has 0 saturated heterocycles. The summed E-state index contributed by atoms with van der Waals surface area (Å²) in [6.07, 6.45) is 11.8. The Labute approximate surface area is 161 Å². The smallest absolute Gasteiger partial charge is 0.000600 e. The van der Waals surface area contributed by atoms with Crippen molar-refractivity contribution < 1.29 is 0 Å². The van der Waals surface area contributed by atoms with Crippen molar-refractivity contribution in [3.05, 3.63) is 64.8 Å². The van der Waals surface area contributed by atoms with Crippen LogP contribution in [0.25, 0.3) is 5.57 Å². The van der Waals surface area contributed by atoms with E-state index in [-0.39, 0.29) is 10.8 Å². The summed E-state index contributed by atoms with van der Waals surface area (Å²) >= 11 is 0. The summed E-state index contributed by atoms with van der Waals surface area (Å²) < 4.78 is 0. The second kappa shape index (κ2) is 6.25. The molecule has 0 nitrogen and oxygen atoms in total. The van der Waals surface area contributed by atoms with Gasteiger partial charge in [-0.1, -0.05) is 89.6 Å². The highest BCUT2D eigenvalue weighted by Crippen LogP contribution is 2.56. The third kappa shape index (κ3) is 3.36. The van der Waals surface area contributed by atoms with Gasteiger partial charge in [0.25, 0.3) is 0 Å². The lowest BCUT2D eigenvalue weighted by atomic mass is 9.67. The van der Waals surface area contributed by atoms with Gasteiger partial charge in [-0.15, -0.1) is 0 Å². The third-order valence-electron chi connectivity index (χ3n) is 6.67. The summed E-state index contributed by atoms with van der Waals surface area (Å²) in [4.78, 5) is 0. The average molecular weight is 349 g/mol. The lowest BCUT2D eigenvalue weighted by Crippen LogP contribution is -2.25. The second-order valence-corrected chi connectivity index (χ2v) is 10.3. The molecule has 0 heterocycles. The maximum Gasteiger partial charge on any atom is -0.000600 e. The molecule has 0 N–H and O–H groups in total. The number of fused-ring (bicyclic) bond motifs is 1. The van der Waals surface area contributed by atoms with Gasteiger partial charge >= 0.3 is 0 Å². The van der Waals surface area contributed by atoms with E-state index >= 15 is 0 Å². The van der Waals surface area contributed by atoms with E-state index in [1.54, 1.807) is 0 Å². The van der Waals surface area contributed by atoms with Crippen LogP contribution in [0.15, 0.2) is 48.1 Å². The Bertz CT molecular complexity index is 792. The van der Waals surface area contributed by atoms with Crippen LogP contribution in [0.3, 0.4) is 0 Å². The van der Waals surface area contributed by atoms with Gasteiger partial charge < -0.3 is 0 Å². The third-order valence-corrected chi connectivity index (χ3v) is 6.67. The topological polar surface area (TPSA) is 0 Å². The molecule has 0 spiro atoms. The minimum atomic E-state index is 0.191. The molecular formula is C26H36. The molecule has 0 amide bonds. The van der Waals surface area contributed by atoms with Gasteiger partial charge in [0.1, 0.15) is 0 Å². The molecule has 2 aliphatic rings. The SMILES string of the molecule is C/C=C(\C)C=CC1C[C@]1(C)c1ccc2c(c1)C(C(C)(C)C)=CCC2(C)C. The zero-order valence-corrected chi connectivity index (χ0v) is 18.0. The van der Waals surface area contributed by atoms with E-state index in [9.17, 15) is 0 Å². The van der Waals surface area contributed by atoms with Gasteiger partial charge in [-0.25, -0.2) is 0 Å². The maximum absolute atomic E-state index is 2.52. The summed E-state index contributed by atoms with van der Waals surface area (Å²) in [5, 5.41) is 0. The molecule has 1 fully saturated rings. The summed E-state index contributed by atoms with van der Waals surface area (Å²) in [5.41, 5.74) is 8.12. The van der Waals surface area contributed by atoms with Gasteiger partial charge in [0.2, 0.25) is 0 Å². The molecule has 2 atom stereocenters. The predicted octanol–water partition coefficient (Wildman–Crippen LogP) is 7.60. The first-order valence-electron chi connectivity index (χ1n) is 10.2. The van der Waals surface area contributed by atoms with E-state index in [0.717, 1.165) is 6.42 Å². The van der Waals surface area contributed by atoms with Crippen LogP contribution in [0, 0.1) is 11.3 Å². The first kappa shape index (κ1) is 19.2. The van der Waals surface area contributed by atoms with E-state index in [0.29, 0.717) is 11.3 Å². The molecule has 3 rings (SSSR count). The van der Waals surface area contributed by atoms with Crippen LogP contribution in [0.1, 0.15) is 84.9 Å². The van der Waals surface area contributed by atoms with Crippen LogP contribution < -0.4 is 0 Å². The lowest BCUT2D eigenvalue weighted by molar-refractivity contribution is 0.503. The van der Waals surface area contributed by atoms with Gasteiger partial charge in [0.05, 0.1) is 0 Å². The molecule has 0 aliphatic heterocycles. The van der Waals surface area contributed by atoms with Crippen LogP contribution in [-0.4, -0.2) is 0 Å². The summed E-state index contributed by atoms with van der Waals surface area (Å²) in [7, 11) is 0. The lowest BCUT2D eigenvalue weighted by Gasteiger charge is -2.37. The van der Waals surface area contributed by atoms with Gasteiger partial charge in [-0.05, 0) is 71.1 Å². The predicted molar refractivity (Wildman–Crippen MR) is 116 cm³/mol. The maximum atomic E-state index is 2.52. The number of rotatable bonds is 3. The Balaban J connectivity index is 1.99. The van der Waals surface area contributed by atoms with Gasteiger partial charge in [-0.2, -0.15) is 0 Å². The molecule has 2 aliphatic carbocycles. The zero-order chi connectivity index (χ0) is 19.3. The van der Waals surface area contributed by atoms with Crippen molar-refractivity contribution in [2.24, 2.45) is 11.3 Å². The summed E-state index contributed by atoms with van der Waals surface area (Å²) in [5.74, 6) is 0.661. The highest BCUT2D eigenvalue weighted by Gasteiger charge is 2.50. The van der Waals surface area contributed by atoms with Gasteiger partial charge in [-0.3, -0.25) is 0 Å². The molecule has 140 valence electrons. The van der Waals surface area contributed by atoms with E-state index < -0.39 is 0 Å². The zero-order valence-electron chi connectivity index (χ0n) is 18.0. The largest absolute Gasteiger partial charge is 0.0847 e. The molecule has 0 bridgehead atoms. The number of benzene rings is 1. The van der Waals surface area contributed by atoms with Crippen molar-refractivity contribution in [2.45, 2.75) is 79.1 Å². The van der Waals surface area contributed by atoms with Crippen molar-refractivity contribution >= 4 is 5.57 Å². The van der Waals surface area contributed by atoms with Crippen molar-refractivity contribution in [1.82, 2.24) is 0 Å². The van der Waals surface area contributed by atoms with Crippen molar-refractivity contribution in [2.75, 3.05) is 0 Å². The van der Waals surface area contributed by atoms with Crippen LogP contribution >= 0.6 is 0 Å². The fraction of sp³-hybridized carbons (Fsp3) is 0.538. The van der Waals surface area contributed by atoms with Crippen molar-refractivity contribution in [3.8, 4) is 0 Å². The van der Waals surface area contributed by atoms with E-state index in [2.05, 4.69) is 97.9 Å². The molecule has 1 unspecified atom stereocenters. The Morgan fingerprint density at radius 2 is 1.85 bits per heavy atom. The van der Waals surface area contributed by atoms with Crippen molar-refractivity contribution in [3.63, 3.8) is 0 Å². The summed E-state index contributed by atoms with van der Waals surface area (Å²) in [6.45, 7) is 18.5. The molecule has 0 heteroatoms. The molecule has 26 heavy (non-hydrogen) atoms. The highest BCUT2D eigenvalue weighted by molar-refractivity contribution is 5.76. The quantitative estimate of drug-likeness (QED) is 0.493. The van der Waals surface area contributed by atoms with E-state index in [4.69, 9.17) is 0 Å². The first-order valence-corrected chi connectivity index (χ1v) is 10.2. The number of hydrogen-bond acceptors (Lipinski definition) is 0. The molecule has 1 aromatic rings. The highest BCUT2D eigenvalue weighted by atomic mass is 14.5. The van der Waals surface area contributed by atoms with E-state index in [1.807, 2.05) is 0 Å². The van der Waals surface area contributed by atoms with Crippen LogP contribution in [0.2, 0.25) is 0 Å². The second-order valence-electron chi connectivity index (χ2n) is 10.3. The van der Waals surface area contributed by atoms with Gasteiger partial charge in [0.15, 0.2) is 0 Å².